The summed E-state index contributed by atoms with van der Waals surface area (Å²) < 4.78 is 23.0. The Labute approximate surface area is 164 Å². The van der Waals surface area contributed by atoms with E-state index in [2.05, 4.69) is 0 Å². The molecule has 0 saturated carbocycles. The number of allylic oxidation sites excluding steroid dienone is 3. The lowest BCUT2D eigenvalue weighted by atomic mass is 9.81. The summed E-state index contributed by atoms with van der Waals surface area (Å²) in [5, 5.41) is 0. The van der Waals surface area contributed by atoms with Crippen molar-refractivity contribution in [3.05, 3.63) is 34.3 Å². The van der Waals surface area contributed by atoms with Gasteiger partial charge in [0.25, 0.3) is 0 Å². The monoisotopic (exact) mass is 390 g/mol. The van der Waals surface area contributed by atoms with Crippen LogP contribution in [-0.2, 0) is 33.3 Å². The third-order valence-electron chi connectivity index (χ3n) is 5.28. The van der Waals surface area contributed by atoms with Gasteiger partial charge in [0.1, 0.15) is 17.1 Å². The van der Waals surface area contributed by atoms with Crippen molar-refractivity contribution in [1.29, 1.82) is 0 Å². The first-order valence-electron chi connectivity index (χ1n) is 9.50. The second-order valence-electron chi connectivity index (χ2n) is 7.78. The first-order chi connectivity index (χ1) is 13.1. The molecule has 0 aromatic rings. The summed E-state index contributed by atoms with van der Waals surface area (Å²) in [6.07, 6.45) is 2.09. The molecule has 0 fully saturated rings. The molecule has 3 aliphatic rings. The van der Waals surface area contributed by atoms with Crippen LogP contribution < -0.4 is 0 Å². The smallest absolute Gasteiger partial charge is 0.333 e. The van der Waals surface area contributed by atoms with E-state index in [0.29, 0.717) is 48.3 Å². The molecule has 2 unspecified atom stereocenters. The number of hydrogen-bond acceptors (Lipinski definition) is 7. The fourth-order valence-electron chi connectivity index (χ4n) is 3.73. The SMILES string of the molecule is C/C=C(/C)C(=O)OC1C(OC(C)=O)C2=C(CCC3=C2OC(=O)CC3)OC1(C)C. The standard InChI is InChI=1S/C21H26O7/c1-6-11(2)20(24)27-19-18(25-12(3)22)16-14(28-21(19,4)5)9-7-13-8-10-15(23)26-17(13)16/h6,18-19H,7-10H2,1-5H3/b11-6-. The molecule has 0 aromatic carbocycles. The van der Waals surface area contributed by atoms with Gasteiger partial charge in [-0.05, 0) is 46.1 Å². The number of carbonyl (C=O) groups is 3. The molecule has 28 heavy (non-hydrogen) atoms. The van der Waals surface area contributed by atoms with Gasteiger partial charge in [-0.2, -0.15) is 0 Å². The first-order valence-corrected chi connectivity index (χ1v) is 9.50. The average molecular weight is 390 g/mol. The number of ether oxygens (including phenoxy) is 4. The van der Waals surface area contributed by atoms with Crippen molar-refractivity contribution in [2.45, 2.75) is 78.1 Å². The Hall–Kier alpha value is -2.57. The highest BCUT2D eigenvalue weighted by atomic mass is 16.6. The third kappa shape index (κ3) is 3.70. The van der Waals surface area contributed by atoms with E-state index in [0.717, 1.165) is 5.57 Å². The summed E-state index contributed by atoms with van der Waals surface area (Å²) >= 11 is 0. The molecule has 3 rings (SSSR count). The normalized spacial score (nSPS) is 26.6. The van der Waals surface area contributed by atoms with Crippen LogP contribution >= 0.6 is 0 Å². The van der Waals surface area contributed by atoms with Crippen molar-refractivity contribution in [3.63, 3.8) is 0 Å². The molecule has 0 saturated heterocycles. The molecule has 1 aliphatic carbocycles. The van der Waals surface area contributed by atoms with Crippen molar-refractivity contribution in [1.82, 2.24) is 0 Å². The van der Waals surface area contributed by atoms with E-state index in [1.54, 1.807) is 33.8 Å². The highest BCUT2D eigenvalue weighted by Crippen LogP contribution is 2.46. The van der Waals surface area contributed by atoms with E-state index in [4.69, 9.17) is 18.9 Å². The van der Waals surface area contributed by atoms with Gasteiger partial charge >= 0.3 is 17.9 Å². The van der Waals surface area contributed by atoms with Gasteiger partial charge in [0.15, 0.2) is 12.2 Å². The van der Waals surface area contributed by atoms with Crippen LogP contribution in [0.5, 0.6) is 0 Å². The minimum atomic E-state index is -0.931. The summed E-state index contributed by atoms with van der Waals surface area (Å²) in [6, 6.07) is 0. The van der Waals surface area contributed by atoms with Crippen molar-refractivity contribution in [3.8, 4) is 0 Å². The second kappa shape index (κ2) is 7.45. The van der Waals surface area contributed by atoms with Crippen LogP contribution in [0.15, 0.2) is 34.3 Å². The lowest BCUT2D eigenvalue weighted by Gasteiger charge is -2.46. The van der Waals surface area contributed by atoms with Crippen LogP contribution in [0.25, 0.3) is 0 Å². The molecular weight excluding hydrogens is 364 g/mol. The minimum absolute atomic E-state index is 0.324. The molecule has 2 aliphatic heterocycles. The average Bonchev–Trinajstić information content (AvgIpc) is 2.62. The zero-order valence-corrected chi connectivity index (χ0v) is 16.9. The Kier molecular flexibility index (Phi) is 5.37. The van der Waals surface area contributed by atoms with Gasteiger partial charge in [-0.3, -0.25) is 9.59 Å². The van der Waals surface area contributed by atoms with Gasteiger partial charge in [-0.15, -0.1) is 0 Å². The molecule has 0 bridgehead atoms. The molecule has 0 radical (unpaired) electrons. The van der Waals surface area contributed by atoms with Crippen molar-refractivity contribution < 1.29 is 33.3 Å². The van der Waals surface area contributed by atoms with Crippen LogP contribution in [0.1, 0.15) is 60.3 Å². The van der Waals surface area contributed by atoms with E-state index in [9.17, 15) is 14.4 Å². The Morgan fingerprint density at radius 2 is 1.79 bits per heavy atom. The summed E-state index contributed by atoms with van der Waals surface area (Å²) in [6.45, 7) is 8.25. The van der Waals surface area contributed by atoms with E-state index in [1.165, 1.54) is 6.92 Å². The number of esters is 3. The van der Waals surface area contributed by atoms with Crippen LogP contribution in [-0.4, -0.2) is 35.7 Å². The van der Waals surface area contributed by atoms with Crippen LogP contribution in [0.2, 0.25) is 0 Å². The molecule has 7 nitrogen and oxygen atoms in total. The highest BCUT2D eigenvalue weighted by molar-refractivity contribution is 5.88. The van der Waals surface area contributed by atoms with Gasteiger partial charge < -0.3 is 18.9 Å². The lowest BCUT2D eigenvalue weighted by Crippen LogP contribution is -2.55. The van der Waals surface area contributed by atoms with Gasteiger partial charge in [-0.1, -0.05) is 6.08 Å². The van der Waals surface area contributed by atoms with Crippen LogP contribution in [0.3, 0.4) is 0 Å². The molecule has 0 N–H and O–H groups in total. The Bertz CT molecular complexity index is 813. The lowest BCUT2D eigenvalue weighted by molar-refractivity contribution is -0.190. The molecule has 2 atom stereocenters. The van der Waals surface area contributed by atoms with Crippen molar-refractivity contribution in [2.75, 3.05) is 0 Å². The quantitative estimate of drug-likeness (QED) is 0.415. The molecule has 152 valence electrons. The molecular formula is C21H26O7. The van der Waals surface area contributed by atoms with Gasteiger partial charge in [-0.25, -0.2) is 4.79 Å². The zero-order chi connectivity index (χ0) is 20.6. The van der Waals surface area contributed by atoms with Gasteiger partial charge in [0.05, 0.1) is 5.57 Å². The number of fused-ring (bicyclic) bond motifs is 1. The molecule has 2 heterocycles. The van der Waals surface area contributed by atoms with E-state index >= 15 is 0 Å². The summed E-state index contributed by atoms with van der Waals surface area (Å²) in [5.41, 5.74) is 0.998. The Morgan fingerprint density at radius 1 is 1.11 bits per heavy atom. The van der Waals surface area contributed by atoms with Crippen LogP contribution in [0, 0.1) is 0 Å². The molecule has 0 spiro atoms. The molecule has 0 amide bonds. The van der Waals surface area contributed by atoms with Crippen LogP contribution in [0.4, 0.5) is 0 Å². The molecule has 7 heteroatoms. The molecule has 0 aromatic heterocycles. The number of rotatable bonds is 3. The largest absolute Gasteiger partial charge is 0.488 e. The maximum atomic E-state index is 12.5. The minimum Gasteiger partial charge on any atom is -0.488 e. The number of carbonyl (C=O) groups excluding carboxylic acids is 3. The third-order valence-corrected chi connectivity index (χ3v) is 5.28. The van der Waals surface area contributed by atoms with E-state index in [1.807, 2.05) is 0 Å². The Balaban J connectivity index is 2.07. The topological polar surface area (TPSA) is 88.1 Å². The van der Waals surface area contributed by atoms with E-state index < -0.39 is 29.7 Å². The van der Waals surface area contributed by atoms with Gasteiger partial charge in [0, 0.05) is 25.3 Å². The van der Waals surface area contributed by atoms with Crippen molar-refractivity contribution >= 4 is 17.9 Å². The Morgan fingerprint density at radius 3 is 2.43 bits per heavy atom. The highest BCUT2D eigenvalue weighted by Gasteiger charge is 2.52. The summed E-state index contributed by atoms with van der Waals surface area (Å²) in [5.74, 6) is -0.357. The summed E-state index contributed by atoms with van der Waals surface area (Å²) in [7, 11) is 0. The number of hydrogen-bond donors (Lipinski definition) is 0. The predicted octanol–water partition coefficient (Wildman–Crippen LogP) is 3.24. The zero-order valence-electron chi connectivity index (χ0n) is 16.9. The predicted molar refractivity (Wildman–Crippen MR) is 98.6 cm³/mol. The maximum Gasteiger partial charge on any atom is 0.333 e. The summed E-state index contributed by atoms with van der Waals surface area (Å²) in [4.78, 5) is 36.3. The fraction of sp³-hybridized carbons (Fsp3) is 0.571. The first kappa shape index (κ1) is 20.2. The second-order valence-corrected chi connectivity index (χ2v) is 7.78. The fourth-order valence-corrected chi connectivity index (χ4v) is 3.73. The maximum absolute atomic E-state index is 12.5. The van der Waals surface area contributed by atoms with Crippen molar-refractivity contribution in [2.24, 2.45) is 0 Å². The van der Waals surface area contributed by atoms with Gasteiger partial charge in [0.2, 0.25) is 0 Å². The van der Waals surface area contributed by atoms with E-state index in [-0.39, 0.29) is 5.97 Å².